The summed E-state index contributed by atoms with van der Waals surface area (Å²) in [4.78, 5) is 12.0. The fourth-order valence-corrected chi connectivity index (χ4v) is 1.62. The van der Waals surface area contributed by atoms with Crippen molar-refractivity contribution in [3.63, 3.8) is 0 Å². The number of amides is 1. The van der Waals surface area contributed by atoms with Crippen molar-refractivity contribution in [2.75, 3.05) is 11.1 Å². The highest BCUT2D eigenvalue weighted by molar-refractivity contribution is 5.96. The third-order valence-corrected chi connectivity index (χ3v) is 2.71. The number of benzene rings is 2. The largest absolute Gasteiger partial charge is 0.481 e. The molecule has 0 aromatic heterocycles. The van der Waals surface area contributed by atoms with E-state index >= 15 is 0 Å². The van der Waals surface area contributed by atoms with Gasteiger partial charge in [0, 0.05) is 0 Å². The fraction of sp³-hybridized carbons (Fsp3) is 0.133. The zero-order chi connectivity index (χ0) is 14.5. The van der Waals surface area contributed by atoms with Crippen molar-refractivity contribution in [2.24, 2.45) is 0 Å². The molecule has 0 bridgehead atoms. The lowest BCUT2D eigenvalue weighted by atomic mass is 10.2. The zero-order valence-corrected chi connectivity index (χ0v) is 11.0. The van der Waals surface area contributed by atoms with Crippen molar-refractivity contribution < 1.29 is 13.9 Å². The normalized spacial score (nSPS) is 11.7. The number of ether oxygens (including phenoxy) is 1. The molecule has 0 aliphatic rings. The molecule has 2 rings (SSSR count). The summed E-state index contributed by atoms with van der Waals surface area (Å²) in [6.07, 6.45) is -0.722. The summed E-state index contributed by atoms with van der Waals surface area (Å²) in [6.45, 7) is 1.61. The standard InChI is InChI=1S/C15H15FN2O2/c1-10(20-12-8-6-11(16)7-9-12)15(19)18-14-5-3-2-4-13(14)17/h2-10H,17H2,1H3,(H,18,19). The van der Waals surface area contributed by atoms with Crippen molar-refractivity contribution >= 4 is 17.3 Å². The molecular weight excluding hydrogens is 259 g/mol. The van der Waals surface area contributed by atoms with Crippen molar-refractivity contribution in [3.05, 3.63) is 54.3 Å². The minimum atomic E-state index is -0.722. The Balaban J connectivity index is 1.99. The molecule has 0 aliphatic heterocycles. The molecule has 104 valence electrons. The maximum absolute atomic E-state index is 12.8. The smallest absolute Gasteiger partial charge is 0.265 e. The van der Waals surface area contributed by atoms with Gasteiger partial charge in [-0.2, -0.15) is 0 Å². The molecule has 0 heterocycles. The fourth-order valence-electron chi connectivity index (χ4n) is 1.62. The van der Waals surface area contributed by atoms with Gasteiger partial charge >= 0.3 is 0 Å². The molecule has 1 unspecified atom stereocenters. The van der Waals surface area contributed by atoms with Gasteiger partial charge in [0.2, 0.25) is 0 Å². The molecule has 0 saturated carbocycles. The van der Waals surface area contributed by atoms with Crippen LogP contribution in [0, 0.1) is 5.82 Å². The number of anilines is 2. The van der Waals surface area contributed by atoms with Crippen LogP contribution >= 0.6 is 0 Å². The Labute approximate surface area is 116 Å². The summed E-state index contributed by atoms with van der Waals surface area (Å²) in [6, 6.07) is 12.4. The first-order valence-corrected chi connectivity index (χ1v) is 6.14. The number of nitrogens with two attached hydrogens (primary N) is 1. The zero-order valence-electron chi connectivity index (χ0n) is 11.0. The topological polar surface area (TPSA) is 64.3 Å². The highest BCUT2D eigenvalue weighted by Gasteiger charge is 2.15. The van der Waals surface area contributed by atoms with E-state index in [1.807, 2.05) is 0 Å². The number of hydrogen-bond acceptors (Lipinski definition) is 3. The van der Waals surface area contributed by atoms with Crippen LogP contribution in [0.1, 0.15) is 6.92 Å². The number of rotatable bonds is 4. The molecule has 3 N–H and O–H groups in total. The van der Waals surface area contributed by atoms with E-state index in [0.29, 0.717) is 17.1 Å². The third-order valence-electron chi connectivity index (χ3n) is 2.71. The summed E-state index contributed by atoms with van der Waals surface area (Å²) >= 11 is 0. The van der Waals surface area contributed by atoms with Gasteiger partial charge in [0.1, 0.15) is 11.6 Å². The van der Waals surface area contributed by atoms with Crippen LogP contribution in [0.4, 0.5) is 15.8 Å². The molecule has 0 radical (unpaired) electrons. The SMILES string of the molecule is CC(Oc1ccc(F)cc1)C(=O)Nc1ccccc1N. The van der Waals surface area contributed by atoms with E-state index < -0.39 is 6.10 Å². The van der Waals surface area contributed by atoms with Gasteiger partial charge in [-0.3, -0.25) is 4.79 Å². The van der Waals surface area contributed by atoms with Crippen molar-refractivity contribution in [3.8, 4) is 5.75 Å². The molecule has 0 fully saturated rings. The number of nitrogens with one attached hydrogen (secondary N) is 1. The van der Waals surface area contributed by atoms with Crippen LogP contribution in [0.3, 0.4) is 0 Å². The van der Waals surface area contributed by atoms with Crippen molar-refractivity contribution in [2.45, 2.75) is 13.0 Å². The number of hydrogen-bond donors (Lipinski definition) is 2. The Morgan fingerprint density at radius 3 is 2.50 bits per heavy atom. The summed E-state index contributed by atoms with van der Waals surface area (Å²) in [5.74, 6) is -0.256. The Bertz CT molecular complexity index is 599. The molecule has 0 spiro atoms. The highest BCUT2D eigenvalue weighted by atomic mass is 19.1. The lowest BCUT2D eigenvalue weighted by Gasteiger charge is -2.15. The molecule has 0 saturated heterocycles. The third kappa shape index (κ3) is 3.47. The first kappa shape index (κ1) is 13.9. The second kappa shape index (κ2) is 6.06. The maximum atomic E-state index is 12.8. The average Bonchev–Trinajstić information content (AvgIpc) is 2.44. The summed E-state index contributed by atoms with van der Waals surface area (Å²) in [7, 11) is 0. The van der Waals surface area contributed by atoms with E-state index in [1.165, 1.54) is 24.3 Å². The van der Waals surface area contributed by atoms with E-state index in [0.717, 1.165) is 0 Å². The number of halogens is 1. The first-order valence-electron chi connectivity index (χ1n) is 6.14. The molecule has 0 aliphatic carbocycles. The number of carbonyl (C=O) groups excluding carboxylic acids is 1. The molecular formula is C15H15FN2O2. The van der Waals surface area contributed by atoms with Crippen LogP contribution in [0.25, 0.3) is 0 Å². The van der Waals surface area contributed by atoms with Crippen LogP contribution in [-0.4, -0.2) is 12.0 Å². The lowest BCUT2D eigenvalue weighted by molar-refractivity contribution is -0.122. The lowest BCUT2D eigenvalue weighted by Crippen LogP contribution is -2.30. The summed E-state index contributed by atoms with van der Waals surface area (Å²) in [5, 5.41) is 2.68. The van der Waals surface area contributed by atoms with Gasteiger partial charge in [-0.15, -0.1) is 0 Å². The second-order valence-electron chi connectivity index (χ2n) is 4.29. The number of para-hydroxylation sites is 2. The van der Waals surface area contributed by atoms with Gasteiger partial charge in [0.25, 0.3) is 5.91 Å². The Hall–Kier alpha value is -2.56. The molecule has 1 atom stereocenters. The van der Waals surface area contributed by atoms with E-state index in [2.05, 4.69) is 5.32 Å². The molecule has 5 heteroatoms. The minimum Gasteiger partial charge on any atom is -0.481 e. The molecule has 1 amide bonds. The number of carbonyl (C=O) groups is 1. The Kier molecular flexibility index (Phi) is 4.20. The Morgan fingerprint density at radius 2 is 1.85 bits per heavy atom. The molecule has 4 nitrogen and oxygen atoms in total. The van der Waals surface area contributed by atoms with Gasteiger partial charge in [0.15, 0.2) is 6.10 Å². The predicted molar refractivity (Wildman–Crippen MR) is 76.0 cm³/mol. The van der Waals surface area contributed by atoms with Crippen molar-refractivity contribution in [1.29, 1.82) is 0 Å². The number of nitrogen functional groups attached to an aromatic ring is 1. The first-order chi connectivity index (χ1) is 9.56. The van der Waals surface area contributed by atoms with Crippen LogP contribution in [-0.2, 0) is 4.79 Å². The van der Waals surface area contributed by atoms with E-state index in [-0.39, 0.29) is 11.7 Å². The quantitative estimate of drug-likeness (QED) is 0.843. The van der Waals surface area contributed by atoms with Crippen LogP contribution in [0.2, 0.25) is 0 Å². The van der Waals surface area contributed by atoms with Crippen LogP contribution < -0.4 is 15.8 Å². The Morgan fingerprint density at radius 1 is 1.20 bits per heavy atom. The maximum Gasteiger partial charge on any atom is 0.265 e. The van der Waals surface area contributed by atoms with E-state index in [4.69, 9.17) is 10.5 Å². The molecule has 2 aromatic carbocycles. The second-order valence-corrected chi connectivity index (χ2v) is 4.29. The minimum absolute atomic E-state index is 0.327. The van der Waals surface area contributed by atoms with Crippen LogP contribution in [0.5, 0.6) is 5.75 Å². The van der Waals surface area contributed by atoms with E-state index in [1.54, 1.807) is 31.2 Å². The van der Waals surface area contributed by atoms with Crippen molar-refractivity contribution in [1.82, 2.24) is 0 Å². The van der Waals surface area contributed by atoms with Gasteiger partial charge in [-0.1, -0.05) is 12.1 Å². The van der Waals surface area contributed by atoms with Gasteiger partial charge in [-0.05, 0) is 43.3 Å². The average molecular weight is 274 g/mol. The molecule has 20 heavy (non-hydrogen) atoms. The molecule has 2 aromatic rings. The summed E-state index contributed by atoms with van der Waals surface area (Å²) in [5.41, 5.74) is 6.76. The van der Waals surface area contributed by atoms with Gasteiger partial charge in [-0.25, -0.2) is 4.39 Å². The highest BCUT2D eigenvalue weighted by Crippen LogP contribution is 2.18. The van der Waals surface area contributed by atoms with Gasteiger partial charge in [0.05, 0.1) is 11.4 Å². The monoisotopic (exact) mass is 274 g/mol. The predicted octanol–water partition coefficient (Wildman–Crippen LogP) is 2.81. The van der Waals surface area contributed by atoms with Crippen LogP contribution in [0.15, 0.2) is 48.5 Å². The summed E-state index contributed by atoms with van der Waals surface area (Å²) < 4.78 is 18.2. The van der Waals surface area contributed by atoms with E-state index in [9.17, 15) is 9.18 Å². The van der Waals surface area contributed by atoms with Gasteiger partial charge < -0.3 is 15.8 Å².